The number of benzene rings is 1. The van der Waals surface area contributed by atoms with E-state index < -0.39 is 17.7 Å². The number of carbonyl (C=O) groups is 3. The molecule has 3 amide bonds. The minimum atomic E-state index is -0.953. The number of anilines is 1. The highest BCUT2D eigenvalue weighted by Gasteiger charge is 2.26. The Balaban J connectivity index is 1.92. The van der Waals surface area contributed by atoms with Gasteiger partial charge in [-0.15, -0.1) is 0 Å². The van der Waals surface area contributed by atoms with Gasteiger partial charge in [-0.2, -0.15) is 0 Å². The lowest BCUT2D eigenvalue weighted by atomic mass is 9.86. The number of nitrogens with one attached hydrogen (secondary N) is 2. The fourth-order valence-corrected chi connectivity index (χ4v) is 2.70. The van der Waals surface area contributed by atoms with Gasteiger partial charge in [0.1, 0.15) is 0 Å². The van der Waals surface area contributed by atoms with E-state index in [4.69, 9.17) is 5.73 Å². The van der Waals surface area contributed by atoms with Crippen molar-refractivity contribution in [3.63, 3.8) is 0 Å². The van der Waals surface area contributed by atoms with Gasteiger partial charge in [-0.05, 0) is 30.9 Å². The summed E-state index contributed by atoms with van der Waals surface area (Å²) in [6, 6.07) is 6.37. The maximum atomic E-state index is 11.9. The van der Waals surface area contributed by atoms with E-state index in [1.165, 1.54) is 6.07 Å². The first kappa shape index (κ1) is 16.0. The quantitative estimate of drug-likeness (QED) is 0.565. The van der Waals surface area contributed by atoms with Crippen LogP contribution in [-0.4, -0.2) is 23.8 Å². The van der Waals surface area contributed by atoms with Crippen LogP contribution in [-0.2, 0) is 9.59 Å². The van der Waals surface area contributed by atoms with Crippen LogP contribution in [0.4, 0.5) is 5.69 Å². The summed E-state index contributed by atoms with van der Waals surface area (Å²) in [7, 11) is 0. The van der Waals surface area contributed by atoms with Crippen molar-refractivity contribution in [3.05, 3.63) is 29.8 Å². The molecule has 2 unspecified atom stereocenters. The lowest BCUT2D eigenvalue weighted by Crippen LogP contribution is -2.49. The number of nitrogens with two attached hydrogens (primary N) is 1. The van der Waals surface area contributed by atoms with Crippen LogP contribution in [0.3, 0.4) is 0 Å². The Morgan fingerprint density at radius 3 is 2.45 bits per heavy atom. The number of hydrogen-bond donors (Lipinski definition) is 3. The van der Waals surface area contributed by atoms with Crippen LogP contribution in [0.2, 0.25) is 0 Å². The summed E-state index contributed by atoms with van der Waals surface area (Å²) in [6.07, 6.45) is 4.08. The van der Waals surface area contributed by atoms with Gasteiger partial charge in [0.15, 0.2) is 0 Å². The van der Waals surface area contributed by atoms with Crippen LogP contribution >= 0.6 is 0 Å². The highest BCUT2D eigenvalue weighted by Crippen LogP contribution is 2.23. The Hall–Kier alpha value is -2.37. The van der Waals surface area contributed by atoms with Gasteiger partial charge in [0.05, 0.1) is 5.56 Å². The average molecular weight is 303 g/mol. The molecule has 2 atom stereocenters. The molecule has 1 aromatic rings. The summed E-state index contributed by atoms with van der Waals surface area (Å²) >= 11 is 0. The molecule has 0 spiro atoms. The van der Waals surface area contributed by atoms with E-state index in [1.54, 1.807) is 18.2 Å². The number of carbonyl (C=O) groups excluding carboxylic acids is 3. The van der Waals surface area contributed by atoms with Gasteiger partial charge in [-0.25, -0.2) is 0 Å². The van der Waals surface area contributed by atoms with Crippen LogP contribution in [0, 0.1) is 5.92 Å². The van der Waals surface area contributed by atoms with Crippen molar-refractivity contribution in [2.45, 2.75) is 38.6 Å². The normalized spacial score (nSPS) is 21.0. The second-order valence-corrected chi connectivity index (χ2v) is 5.71. The molecule has 0 aromatic heterocycles. The van der Waals surface area contributed by atoms with Gasteiger partial charge < -0.3 is 11.1 Å². The third kappa shape index (κ3) is 3.84. The van der Waals surface area contributed by atoms with Gasteiger partial charge in [-0.3, -0.25) is 19.7 Å². The molecule has 1 fully saturated rings. The molecular weight excluding hydrogens is 282 g/mol. The van der Waals surface area contributed by atoms with Crippen molar-refractivity contribution in [3.8, 4) is 0 Å². The Kier molecular flexibility index (Phi) is 5.14. The number of nitrogen functional groups attached to an aromatic ring is 1. The lowest BCUT2D eigenvalue weighted by molar-refractivity contribution is -0.139. The molecule has 6 heteroatoms. The van der Waals surface area contributed by atoms with Gasteiger partial charge in [0.25, 0.3) is 5.91 Å². The molecular formula is C16H21N3O3. The van der Waals surface area contributed by atoms with Crippen molar-refractivity contribution in [1.82, 2.24) is 10.6 Å². The molecule has 0 heterocycles. The Morgan fingerprint density at radius 1 is 1.09 bits per heavy atom. The molecule has 1 saturated carbocycles. The summed E-state index contributed by atoms with van der Waals surface area (Å²) in [5.74, 6) is -2.06. The second kappa shape index (κ2) is 7.06. The fraction of sp³-hybridized carbons (Fsp3) is 0.438. The van der Waals surface area contributed by atoms with E-state index in [2.05, 4.69) is 17.6 Å². The molecule has 2 rings (SSSR count). The summed E-state index contributed by atoms with van der Waals surface area (Å²) in [6.45, 7) is 2.05. The summed E-state index contributed by atoms with van der Waals surface area (Å²) < 4.78 is 0. The maximum absolute atomic E-state index is 11.9. The number of hydrogen-bond acceptors (Lipinski definition) is 4. The third-order valence-corrected chi connectivity index (χ3v) is 4.07. The first-order chi connectivity index (χ1) is 10.5. The fourth-order valence-electron chi connectivity index (χ4n) is 2.70. The largest absolute Gasteiger partial charge is 0.398 e. The van der Waals surface area contributed by atoms with Crippen LogP contribution in [0.5, 0.6) is 0 Å². The van der Waals surface area contributed by atoms with Crippen molar-refractivity contribution < 1.29 is 14.4 Å². The molecule has 0 radical (unpaired) electrons. The van der Waals surface area contributed by atoms with Gasteiger partial charge >= 0.3 is 11.8 Å². The summed E-state index contributed by atoms with van der Waals surface area (Å²) in [4.78, 5) is 35.7. The zero-order chi connectivity index (χ0) is 16.1. The molecule has 0 saturated heterocycles. The van der Waals surface area contributed by atoms with E-state index in [9.17, 15) is 14.4 Å². The second-order valence-electron chi connectivity index (χ2n) is 5.71. The predicted octanol–water partition coefficient (Wildman–Crippen LogP) is 1.22. The zero-order valence-corrected chi connectivity index (χ0v) is 12.6. The number of rotatable bonds is 2. The van der Waals surface area contributed by atoms with Crippen LogP contribution in [0.1, 0.15) is 43.0 Å². The summed E-state index contributed by atoms with van der Waals surface area (Å²) in [5, 5.41) is 4.78. The molecule has 0 bridgehead atoms. The highest BCUT2D eigenvalue weighted by atomic mass is 16.2. The van der Waals surface area contributed by atoms with Crippen LogP contribution in [0.15, 0.2) is 24.3 Å². The summed E-state index contributed by atoms with van der Waals surface area (Å²) in [5.41, 5.74) is 6.10. The molecule has 22 heavy (non-hydrogen) atoms. The minimum absolute atomic E-state index is 0.0103. The van der Waals surface area contributed by atoms with E-state index in [0.29, 0.717) is 5.92 Å². The third-order valence-electron chi connectivity index (χ3n) is 4.07. The minimum Gasteiger partial charge on any atom is -0.398 e. The number of para-hydroxylation sites is 1. The van der Waals surface area contributed by atoms with E-state index in [-0.39, 0.29) is 17.3 Å². The van der Waals surface area contributed by atoms with Crippen molar-refractivity contribution in [1.29, 1.82) is 0 Å². The van der Waals surface area contributed by atoms with E-state index >= 15 is 0 Å². The zero-order valence-electron chi connectivity index (χ0n) is 12.6. The molecule has 1 aromatic carbocycles. The van der Waals surface area contributed by atoms with Crippen LogP contribution < -0.4 is 16.4 Å². The number of amides is 3. The van der Waals surface area contributed by atoms with Crippen molar-refractivity contribution >= 4 is 23.4 Å². The average Bonchev–Trinajstić information content (AvgIpc) is 2.49. The molecule has 118 valence electrons. The Bertz CT molecular complexity index is 586. The monoisotopic (exact) mass is 303 g/mol. The highest BCUT2D eigenvalue weighted by molar-refractivity contribution is 6.38. The van der Waals surface area contributed by atoms with Crippen LogP contribution in [0.25, 0.3) is 0 Å². The SMILES string of the molecule is CC1CCCCC1NC(=O)C(=O)NC(=O)c1ccccc1N. The van der Waals surface area contributed by atoms with Crippen molar-refractivity contribution in [2.75, 3.05) is 5.73 Å². The lowest BCUT2D eigenvalue weighted by Gasteiger charge is -2.29. The molecule has 1 aliphatic carbocycles. The van der Waals surface area contributed by atoms with E-state index in [1.807, 2.05) is 0 Å². The maximum Gasteiger partial charge on any atom is 0.316 e. The molecule has 1 aliphatic rings. The van der Waals surface area contributed by atoms with Gasteiger partial charge in [-0.1, -0.05) is 31.9 Å². The molecule has 4 N–H and O–H groups in total. The Morgan fingerprint density at radius 2 is 1.77 bits per heavy atom. The molecule has 6 nitrogen and oxygen atoms in total. The molecule has 0 aliphatic heterocycles. The standard InChI is InChI=1S/C16H21N3O3/c1-10-6-2-5-9-13(10)18-15(21)16(22)19-14(20)11-7-3-4-8-12(11)17/h3-4,7-8,10,13H,2,5-6,9,17H2,1H3,(H,18,21)(H,19,20,22). The first-order valence-corrected chi connectivity index (χ1v) is 7.49. The first-order valence-electron chi connectivity index (χ1n) is 7.49. The smallest absolute Gasteiger partial charge is 0.316 e. The predicted molar refractivity (Wildman–Crippen MR) is 82.9 cm³/mol. The number of imide groups is 1. The topological polar surface area (TPSA) is 101 Å². The Labute approximate surface area is 129 Å². The van der Waals surface area contributed by atoms with Crippen molar-refractivity contribution in [2.24, 2.45) is 5.92 Å². The van der Waals surface area contributed by atoms with Gasteiger partial charge in [0, 0.05) is 11.7 Å². The van der Waals surface area contributed by atoms with E-state index in [0.717, 1.165) is 25.7 Å². The van der Waals surface area contributed by atoms with Gasteiger partial charge in [0.2, 0.25) is 0 Å².